The summed E-state index contributed by atoms with van der Waals surface area (Å²) in [6, 6.07) is 17.0. The number of hydrogen-bond donors (Lipinski definition) is 1. The van der Waals surface area contributed by atoms with E-state index in [0.29, 0.717) is 11.1 Å². The van der Waals surface area contributed by atoms with Crippen LogP contribution in [0.25, 0.3) is 0 Å². The second-order valence-electron chi connectivity index (χ2n) is 8.65. The van der Waals surface area contributed by atoms with Gasteiger partial charge in [0.15, 0.2) is 0 Å². The predicted molar refractivity (Wildman–Crippen MR) is 142 cm³/mol. The van der Waals surface area contributed by atoms with Crippen molar-refractivity contribution in [1.82, 2.24) is 4.31 Å². The van der Waals surface area contributed by atoms with E-state index in [1.54, 1.807) is 13.8 Å². The first-order chi connectivity index (χ1) is 16.0. The fourth-order valence-electron chi connectivity index (χ4n) is 4.33. The number of rotatable bonds is 8. The minimum Gasteiger partial charge on any atom is -0.324 e. The van der Waals surface area contributed by atoms with Crippen molar-refractivity contribution < 1.29 is 13.2 Å². The Balaban J connectivity index is 1.99. The zero-order valence-electron chi connectivity index (χ0n) is 20.3. The van der Waals surface area contributed by atoms with Gasteiger partial charge in [0.1, 0.15) is 0 Å². The van der Waals surface area contributed by atoms with Crippen molar-refractivity contribution in [3.05, 3.63) is 92.5 Å². The summed E-state index contributed by atoms with van der Waals surface area (Å²) in [5.41, 5.74) is 5.80. The summed E-state index contributed by atoms with van der Waals surface area (Å²) in [6.45, 7) is 9.30. The van der Waals surface area contributed by atoms with Gasteiger partial charge in [0.05, 0.1) is 11.4 Å². The van der Waals surface area contributed by atoms with E-state index in [1.807, 2.05) is 75.4 Å². The highest BCUT2D eigenvalue weighted by Gasteiger charge is 2.30. The van der Waals surface area contributed by atoms with Gasteiger partial charge < -0.3 is 5.32 Å². The van der Waals surface area contributed by atoms with Crippen molar-refractivity contribution >= 4 is 37.5 Å². The van der Waals surface area contributed by atoms with E-state index in [4.69, 9.17) is 0 Å². The lowest BCUT2D eigenvalue weighted by Gasteiger charge is -2.25. The molecule has 0 aliphatic heterocycles. The number of carbonyl (C=O) groups is 1. The van der Waals surface area contributed by atoms with E-state index >= 15 is 0 Å². The molecule has 5 nitrogen and oxygen atoms in total. The summed E-state index contributed by atoms with van der Waals surface area (Å²) in [5.74, 6) is -0.373. The van der Waals surface area contributed by atoms with Gasteiger partial charge in [0.2, 0.25) is 15.9 Å². The largest absolute Gasteiger partial charge is 0.324 e. The Bertz CT molecular complexity index is 1280. The van der Waals surface area contributed by atoms with Crippen molar-refractivity contribution in [3.63, 3.8) is 0 Å². The Labute approximate surface area is 211 Å². The molecule has 3 aromatic rings. The van der Waals surface area contributed by atoms with Gasteiger partial charge in [-0.25, -0.2) is 8.42 Å². The van der Waals surface area contributed by atoms with Crippen LogP contribution in [0, 0.1) is 27.7 Å². The molecule has 34 heavy (non-hydrogen) atoms. The summed E-state index contributed by atoms with van der Waals surface area (Å²) in [5, 5.41) is 2.97. The molecular weight excluding hydrogens is 512 g/mol. The van der Waals surface area contributed by atoms with Gasteiger partial charge in [-0.2, -0.15) is 4.31 Å². The quantitative estimate of drug-likeness (QED) is 0.375. The predicted octanol–water partition coefficient (Wildman–Crippen LogP) is 6.07. The zero-order valence-corrected chi connectivity index (χ0v) is 22.7. The fourth-order valence-corrected chi connectivity index (χ4v) is 6.74. The Morgan fingerprint density at radius 1 is 0.941 bits per heavy atom. The molecule has 3 aromatic carbocycles. The lowest BCUT2D eigenvalue weighted by atomic mass is 10.1. The minimum absolute atomic E-state index is 0.101. The van der Waals surface area contributed by atoms with Crippen LogP contribution in [0.1, 0.15) is 40.3 Å². The van der Waals surface area contributed by atoms with E-state index in [0.717, 1.165) is 38.8 Å². The molecule has 0 saturated heterocycles. The number of sulfonamides is 1. The monoisotopic (exact) mass is 542 g/mol. The maximum absolute atomic E-state index is 13.9. The molecule has 0 atom stereocenters. The highest BCUT2D eigenvalue weighted by Crippen LogP contribution is 2.28. The molecule has 0 aliphatic carbocycles. The third-order valence-corrected chi connectivity index (χ3v) is 8.31. The highest BCUT2D eigenvalue weighted by molar-refractivity contribution is 9.10. The van der Waals surface area contributed by atoms with Gasteiger partial charge in [-0.3, -0.25) is 4.79 Å². The fraction of sp³-hybridized carbons (Fsp3) is 0.296. The maximum Gasteiger partial charge on any atom is 0.244 e. The molecule has 0 fully saturated rings. The van der Waals surface area contributed by atoms with Crippen molar-refractivity contribution in [3.8, 4) is 0 Å². The summed E-state index contributed by atoms with van der Waals surface area (Å²) in [6.07, 6.45) is 0.740. The van der Waals surface area contributed by atoms with Gasteiger partial charge in [-0.05, 0) is 74.1 Å². The molecule has 0 radical (unpaired) electrons. The van der Waals surface area contributed by atoms with Crippen molar-refractivity contribution in [2.75, 3.05) is 11.9 Å². The molecule has 1 amide bonds. The van der Waals surface area contributed by atoms with E-state index in [-0.39, 0.29) is 23.9 Å². The average molecular weight is 544 g/mol. The normalized spacial score (nSPS) is 11.6. The number of aryl methyl sites for hydroxylation is 5. The molecule has 0 aromatic heterocycles. The first kappa shape index (κ1) is 26.1. The summed E-state index contributed by atoms with van der Waals surface area (Å²) in [7, 11) is -3.93. The number of nitrogens with zero attached hydrogens (tertiary/aromatic N) is 1. The zero-order chi connectivity index (χ0) is 25.0. The van der Waals surface area contributed by atoms with E-state index in [2.05, 4.69) is 21.2 Å². The molecule has 180 valence electrons. The van der Waals surface area contributed by atoms with Crippen LogP contribution in [-0.2, 0) is 27.8 Å². The highest BCUT2D eigenvalue weighted by atomic mass is 79.9. The maximum atomic E-state index is 13.9. The van der Waals surface area contributed by atoms with E-state index < -0.39 is 10.0 Å². The molecular formula is C27H31BrN2O3S. The van der Waals surface area contributed by atoms with Crippen molar-refractivity contribution in [2.24, 2.45) is 0 Å². The lowest BCUT2D eigenvalue weighted by molar-refractivity contribution is -0.116. The molecule has 1 N–H and O–H groups in total. The van der Waals surface area contributed by atoms with Gasteiger partial charge in [0, 0.05) is 16.7 Å². The molecule has 0 saturated carbocycles. The van der Waals surface area contributed by atoms with Crippen LogP contribution in [-0.4, -0.2) is 25.2 Å². The number of amides is 1. The summed E-state index contributed by atoms with van der Waals surface area (Å²) < 4.78 is 29.9. The number of nitrogens with one attached hydrogen (secondary N) is 1. The molecule has 0 bridgehead atoms. The number of hydrogen-bond acceptors (Lipinski definition) is 3. The number of halogens is 1. The molecule has 3 rings (SSSR count). The van der Waals surface area contributed by atoms with Crippen LogP contribution in [0.5, 0.6) is 0 Å². The van der Waals surface area contributed by atoms with Gasteiger partial charge >= 0.3 is 0 Å². The van der Waals surface area contributed by atoms with Gasteiger partial charge in [-0.15, -0.1) is 0 Å². The molecule has 0 aliphatic rings. The standard InChI is InChI=1S/C27H31BrN2O3S/c1-6-23-15-24(28)14-19(3)26(23)29-25(31)17-30(16-22-10-8-7-9-11-22)34(32,33)27-20(4)12-18(2)13-21(27)5/h7-15H,6,16-17H2,1-5H3,(H,29,31). The van der Waals surface area contributed by atoms with E-state index in [9.17, 15) is 13.2 Å². The van der Waals surface area contributed by atoms with Crippen LogP contribution in [0.3, 0.4) is 0 Å². The Kier molecular flexibility index (Phi) is 8.34. The van der Waals surface area contributed by atoms with Gasteiger partial charge in [-0.1, -0.05) is 70.9 Å². The molecule has 0 heterocycles. The first-order valence-corrected chi connectivity index (χ1v) is 13.5. The second kappa shape index (κ2) is 10.8. The topological polar surface area (TPSA) is 66.5 Å². The second-order valence-corrected chi connectivity index (χ2v) is 11.4. The van der Waals surface area contributed by atoms with Crippen molar-refractivity contribution in [2.45, 2.75) is 52.5 Å². The molecule has 0 spiro atoms. The van der Waals surface area contributed by atoms with Crippen LogP contribution in [0.15, 0.2) is 64.0 Å². The Morgan fingerprint density at radius 2 is 1.56 bits per heavy atom. The average Bonchev–Trinajstić information content (AvgIpc) is 2.74. The third-order valence-electron chi connectivity index (χ3n) is 5.75. The number of carbonyl (C=O) groups excluding carboxylic acids is 1. The smallest absolute Gasteiger partial charge is 0.244 e. The van der Waals surface area contributed by atoms with Crippen LogP contribution in [0.2, 0.25) is 0 Å². The lowest BCUT2D eigenvalue weighted by Crippen LogP contribution is -2.38. The SMILES string of the molecule is CCc1cc(Br)cc(C)c1NC(=O)CN(Cc1ccccc1)S(=O)(=O)c1c(C)cc(C)cc1C. The van der Waals surface area contributed by atoms with Gasteiger partial charge in [0.25, 0.3) is 0 Å². The molecule has 0 unspecified atom stereocenters. The minimum atomic E-state index is -3.93. The summed E-state index contributed by atoms with van der Waals surface area (Å²) in [4.78, 5) is 13.5. The Hall–Kier alpha value is -2.48. The van der Waals surface area contributed by atoms with Crippen LogP contribution >= 0.6 is 15.9 Å². The number of anilines is 1. The molecule has 7 heteroatoms. The van der Waals surface area contributed by atoms with Crippen molar-refractivity contribution in [1.29, 1.82) is 0 Å². The first-order valence-electron chi connectivity index (χ1n) is 11.2. The third kappa shape index (κ3) is 5.95. The Morgan fingerprint density at radius 3 is 2.15 bits per heavy atom. The number of benzene rings is 3. The summed E-state index contributed by atoms with van der Waals surface area (Å²) >= 11 is 3.50. The van der Waals surface area contributed by atoms with Crippen LogP contribution < -0.4 is 5.32 Å². The van der Waals surface area contributed by atoms with E-state index in [1.165, 1.54) is 4.31 Å². The van der Waals surface area contributed by atoms with Crippen LogP contribution in [0.4, 0.5) is 5.69 Å².